The highest BCUT2D eigenvalue weighted by Crippen LogP contribution is 2.35. The molecule has 0 amide bonds. The lowest BCUT2D eigenvalue weighted by Crippen LogP contribution is -2.43. The van der Waals surface area contributed by atoms with Gasteiger partial charge in [0, 0.05) is 12.8 Å². The Kier molecular flexibility index (Phi) is 5.87. The van der Waals surface area contributed by atoms with E-state index in [1.807, 2.05) is 30.3 Å². The molecule has 0 heterocycles. The molecule has 1 saturated carbocycles. The molecule has 4 nitrogen and oxygen atoms in total. The van der Waals surface area contributed by atoms with Crippen molar-refractivity contribution in [3.8, 4) is 0 Å². The van der Waals surface area contributed by atoms with Crippen molar-refractivity contribution in [2.45, 2.75) is 24.9 Å². The van der Waals surface area contributed by atoms with Crippen molar-refractivity contribution in [3.05, 3.63) is 30.3 Å². The predicted octanol–water partition coefficient (Wildman–Crippen LogP) is 2.60. The number of guanidine groups is 1. The average Bonchev–Trinajstić information content (AvgIpc) is 2.29. The third-order valence-corrected chi connectivity index (χ3v) is 3.28. The Labute approximate surface area is 125 Å². The Balaban J connectivity index is 0.00000162. The number of hydrogen-bond acceptors (Lipinski definition) is 2. The first-order chi connectivity index (χ1) is 8.24. The van der Waals surface area contributed by atoms with Gasteiger partial charge < -0.3 is 15.8 Å². The van der Waals surface area contributed by atoms with Crippen LogP contribution in [0.2, 0.25) is 0 Å². The van der Waals surface area contributed by atoms with Gasteiger partial charge >= 0.3 is 0 Å². The summed E-state index contributed by atoms with van der Waals surface area (Å²) in [5.41, 5.74) is 6.72. The molecule has 0 unspecified atom stereocenters. The second-order valence-corrected chi connectivity index (χ2v) is 4.43. The van der Waals surface area contributed by atoms with E-state index in [-0.39, 0.29) is 29.6 Å². The SMILES string of the molecule is COC1(CN=C(N)Nc2ccccc2)CCC1.I. The quantitative estimate of drug-likeness (QED) is 0.492. The number of nitrogens with two attached hydrogens (primary N) is 1. The number of hydrogen-bond donors (Lipinski definition) is 2. The van der Waals surface area contributed by atoms with E-state index in [9.17, 15) is 0 Å². The van der Waals surface area contributed by atoms with E-state index in [0.29, 0.717) is 12.5 Å². The Morgan fingerprint density at radius 2 is 2.06 bits per heavy atom. The molecule has 1 fully saturated rings. The molecule has 0 bridgehead atoms. The van der Waals surface area contributed by atoms with Gasteiger partial charge in [0.2, 0.25) is 0 Å². The van der Waals surface area contributed by atoms with Gasteiger partial charge in [-0.15, -0.1) is 24.0 Å². The molecule has 18 heavy (non-hydrogen) atoms. The number of anilines is 1. The molecular weight excluding hydrogens is 341 g/mol. The van der Waals surface area contributed by atoms with Gasteiger partial charge in [-0.1, -0.05) is 18.2 Å². The van der Waals surface area contributed by atoms with Gasteiger partial charge in [0.1, 0.15) is 0 Å². The first kappa shape index (κ1) is 15.2. The second kappa shape index (κ2) is 6.94. The van der Waals surface area contributed by atoms with Crippen molar-refractivity contribution in [1.29, 1.82) is 0 Å². The standard InChI is InChI=1S/C13H19N3O.HI/c1-17-13(8-5-9-13)10-15-12(14)16-11-6-3-2-4-7-11;/h2-4,6-7H,5,8-10H2,1H3,(H3,14,15,16);1H. The highest BCUT2D eigenvalue weighted by molar-refractivity contribution is 14.0. The highest BCUT2D eigenvalue weighted by Gasteiger charge is 2.36. The van der Waals surface area contributed by atoms with Crippen molar-refractivity contribution in [3.63, 3.8) is 0 Å². The van der Waals surface area contributed by atoms with Crippen LogP contribution < -0.4 is 11.1 Å². The first-order valence-electron chi connectivity index (χ1n) is 5.91. The average molecular weight is 361 g/mol. The number of methoxy groups -OCH3 is 1. The second-order valence-electron chi connectivity index (χ2n) is 4.43. The topological polar surface area (TPSA) is 59.6 Å². The maximum absolute atomic E-state index is 5.83. The van der Waals surface area contributed by atoms with Crippen LogP contribution >= 0.6 is 24.0 Å². The van der Waals surface area contributed by atoms with Crippen LogP contribution in [0.1, 0.15) is 19.3 Å². The van der Waals surface area contributed by atoms with E-state index >= 15 is 0 Å². The van der Waals surface area contributed by atoms with Crippen LogP contribution in [-0.2, 0) is 4.74 Å². The molecule has 0 atom stereocenters. The fraction of sp³-hybridized carbons (Fsp3) is 0.462. The lowest BCUT2D eigenvalue weighted by molar-refractivity contribution is -0.0629. The van der Waals surface area contributed by atoms with Gasteiger partial charge in [-0.05, 0) is 31.4 Å². The van der Waals surface area contributed by atoms with Gasteiger partial charge in [0.25, 0.3) is 0 Å². The molecule has 0 spiro atoms. The summed E-state index contributed by atoms with van der Waals surface area (Å²) in [6, 6.07) is 9.79. The van der Waals surface area contributed by atoms with Gasteiger partial charge in [-0.3, -0.25) is 4.99 Å². The zero-order chi connectivity index (χ0) is 12.1. The summed E-state index contributed by atoms with van der Waals surface area (Å²) in [4.78, 5) is 4.34. The Morgan fingerprint density at radius 1 is 1.39 bits per heavy atom. The highest BCUT2D eigenvalue weighted by atomic mass is 127. The maximum Gasteiger partial charge on any atom is 0.193 e. The summed E-state index contributed by atoms with van der Waals surface area (Å²) < 4.78 is 5.48. The minimum atomic E-state index is -0.0665. The van der Waals surface area contributed by atoms with Crippen LogP contribution in [-0.4, -0.2) is 25.2 Å². The molecular formula is C13H20IN3O. The first-order valence-corrected chi connectivity index (χ1v) is 5.91. The van der Waals surface area contributed by atoms with E-state index in [0.717, 1.165) is 18.5 Å². The third-order valence-electron chi connectivity index (χ3n) is 3.28. The number of halogens is 1. The molecule has 100 valence electrons. The summed E-state index contributed by atoms with van der Waals surface area (Å²) >= 11 is 0. The van der Waals surface area contributed by atoms with Gasteiger partial charge in [-0.2, -0.15) is 0 Å². The molecule has 1 aliphatic rings. The number of nitrogens with zero attached hydrogens (tertiary/aromatic N) is 1. The summed E-state index contributed by atoms with van der Waals surface area (Å²) in [5.74, 6) is 0.444. The number of para-hydroxylation sites is 1. The van der Waals surface area contributed by atoms with Crippen molar-refractivity contribution < 1.29 is 4.74 Å². The number of rotatable bonds is 4. The number of ether oxygens (including phenoxy) is 1. The van der Waals surface area contributed by atoms with E-state index in [2.05, 4.69) is 10.3 Å². The van der Waals surface area contributed by atoms with Crippen molar-refractivity contribution in [2.24, 2.45) is 10.7 Å². The molecule has 1 aliphatic carbocycles. The van der Waals surface area contributed by atoms with Crippen LogP contribution in [0, 0.1) is 0 Å². The van der Waals surface area contributed by atoms with E-state index < -0.39 is 0 Å². The Morgan fingerprint density at radius 3 is 2.56 bits per heavy atom. The number of aliphatic imine (C=N–C) groups is 1. The van der Waals surface area contributed by atoms with E-state index in [4.69, 9.17) is 10.5 Å². The lowest BCUT2D eigenvalue weighted by Gasteiger charge is -2.39. The van der Waals surface area contributed by atoms with Gasteiger partial charge in [0.15, 0.2) is 5.96 Å². The Hall–Kier alpha value is -0.820. The van der Waals surface area contributed by atoms with E-state index in [1.165, 1.54) is 6.42 Å². The van der Waals surface area contributed by atoms with Crippen LogP contribution in [0.3, 0.4) is 0 Å². The van der Waals surface area contributed by atoms with E-state index in [1.54, 1.807) is 7.11 Å². The van der Waals surface area contributed by atoms with Gasteiger partial charge in [0.05, 0.1) is 12.1 Å². The van der Waals surface area contributed by atoms with Crippen LogP contribution in [0.5, 0.6) is 0 Å². The lowest BCUT2D eigenvalue weighted by atomic mass is 9.80. The number of nitrogens with one attached hydrogen (secondary N) is 1. The zero-order valence-corrected chi connectivity index (χ0v) is 12.9. The summed E-state index contributed by atoms with van der Waals surface area (Å²) in [6.07, 6.45) is 3.37. The van der Waals surface area contributed by atoms with Gasteiger partial charge in [-0.25, -0.2) is 0 Å². The third kappa shape index (κ3) is 3.84. The minimum absolute atomic E-state index is 0. The summed E-state index contributed by atoms with van der Waals surface area (Å²) in [6.45, 7) is 0.634. The maximum atomic E-state index is 5.83. The number of benzene rings is 1. The molecule has 0 saturated heterocycles. The molecule has 3 N–H and O–H groups in total. The van der Waals surface area contributed by atoms with Crippen LogP contribution in [0.4, 0.5) is 5.69 Å². The van der Waals surface area contributed by atoms with Crippen molar-refractivity contribution in [1.82, 2.24) is 0 Å². The smallest absolute Gasteiger partial charge is 0.193 e. The monoisotopic (exact) mass is 361 g/mol. The molecule has 0 aliphatic heterocycles. The summed E-state index contributed by atoms with van der Waals surface area (Å²) in [5, 5.41) is 3.06. The molecule has 0 aromatic heterocycles. The molecule has 2 rings (SSSR count). The molecule has 5 heteroatoms. The Bertz CT molecular complexity index is 385. The molecule has 1 aromatic carbocycles. The zero-order valence-electron chi connectivity index (χ0n) is 10.6. The molecule has 0 radical (unpaired) electrons. The normalized spacial score (nSPS) is 17.5. The largest absolute Gasteiger partial charge is 0.376 e. The fourth-order valence-corrected chi connectivity index (χ4v) is 1.94. The van der Waals surface area contributed by atoms with Crippen molar-refractivity contribution >= 4 is 35.6 Å². The molecule has 1 aromatic rings. The fourth-order valence-electron chi connectivity index (χ4n) is 1.94. The predicted molar refractivity (Wildman–Crippen MR) is 85.6 cm³/mol. The summed E-state index contributed by atoms with van der Waals surface area (Å²) in [7, 11) is 1.75. The van der Waals surface area contributed by atoms with Crippen LogP contribution in [0.25, 0.3) is 0 Å². The minimum Gasteiger partial charge on any atom is -0.376 e. The van der Waals surface area contributed by atoms with Crippen molar-refractivity contribution in [2.75, 3.05) is 19.0 Å². The van der Waals surface area contributed by atoms with Crippen LogP contribution in [0.15, 0.2) is 35.3 Å².